The molecule has 2 heterocycles. The average molecular weight is 247 g/mol. The van der Waals surface area contributed by atoms with E-state index in [1.165, 1.54) is 13.5 Å². The fraction of sp³-hybridized carbons (Fsp3) is 0.417. The minimum Gasteiger partial charge on any atom is -0.337 e. The molecule has 0 aliphatic carbocycles. The molecule has 2 aliphatic heterocycles. The fourth-order valence-corrected chi connectivity index (χ4v) is 2.92. The van der Waals surface area contributed by atoms with Crippen molar-refractivity contribution in [1.29, 1.82) is 0 Å². The van der Waals surface area contributed by atoms with Gasteiger partial charge < -0.3 is 14.4 Å². The van der Waals surface area contributed by atoms with E-state index in [0.29, 0.717) is 25.3 Å². The second-order valence-electron chi connectivity index (χ2n) is 4.78. The molecule has 2 unspecified atom stereocenters. The van der Waals surface area contributed by atoms with Crippen LogP contribution in [0.5, 0.6) is 0 Å². The molecule has 0 amide bonds. The highest BCUT2D eigenvalue weighted by atomic mass is 19.1. The van der Waals surface area contributed by atoms with Crippen molar-refractivity contribution in [2.24, 2.45) is 5.92 Å². The largest absolute Gasteiger partial charge is 0.337 e. The van der Waals surface area contributed by atoms with Crippen LogP contribution in [0.15, 0.2) is 24.3 Å². The molecular formula is C12H13BFN2O2. The molecule has 2 atom stereocenters. The number of nitrogens with zero attached hydrogens (tertiary/aromatic N) is 1. The van der Waals surface area contributed by atoms with Crippen LogP contribution in [0.4, 0.5) is 4.39 Å². The Kier molecular flexibility index (Phi) is 2.93. The molecule has 93 valence electrons. The molecule has 0 spiro atoms. The lowest BCUT2D eigenvalue weighted by Crippen LogP contribution is -2.44. The Labute approximate surface area is 105 Å². The highest BCUT2D eigenvalue weighted by molar-refractivity contribution is 6.64. The third kappa shape index (κ3) is 1.68. The minimum absolute atomic E-state index is 0.144. The van der Waals surface area contributed by atoms with Gasteiger partial charge in [-0.2, -0.15) is 5.48 Å². The van der Waals surface area contributed by atoms with Gasteiger partial charge in [0.15, 0.2) is 0 Å². The van der Waals surface area contributed by atoms with E-state index in [4.69, 9.17) is 4.84 Å². The van der Waals surface area contributed by atoms with Crippen LogP contribution < -0.4 is 5.48 Å². The summed E-state index contributed by atoms with van der Waals surface area (Å²) in [5.74, 6) is -0.0981. The van der Waals surface area contributed by atoms with Gasteiger partial charge in [0.25, 0.3) is 7.41 Å². The Morgan fingerprint density at radius 1 is 1.56 bits per heavy atom. The van der Waals surface area contributed by atoms with Crippen molar-refractivity contribution in [2.75, 3.05) is 19.7 Å². The smallest absolute Gasteiger partial charge is 0.293 e. The second kappa shape index (κ2) is 4.46. The fourth-order valence-electron chi connectivity index (χ4n) is 2.92. The van der Waals surface area contributed by atoms with E-state index in [2.05, 4.69) is 5.48 Å². The summed E-state index contributed by atoms with van der Waals surface area (Å²) in [5, 5.41) is 0. The Balaban J connectivity index is 1.97. The molecular weight excluding hydrogens is 234 g/mol. The Morgan fingerprint density at radius 3 is 3.17 bits per heavy atom. The van der Waals surface area contributed by atoms with Gasteiger partial charge in [0.2, 0.25) is 0 Å². The van der Waals surface area contributed by atoms with Gasteiger partial charge in [-0.05, 0) is 12.6 Å². The zero-order valence-corrected chi connectivity index (χ0v) is 9.80. The molecule has 0 aromatic heterocycles. The standard InChI is InChI=1S/C12H13BFN2O2/c14-11-4-2-1-3-10(11)12-7-16(13-8-17)5-9(12)6-18-15-12/h1-4,8-9,15H,5-7H2. The summed E-state index contributed by atoms with van der Waals surface area (Å²) in [6.07, 6.45) is 0.761. The molecule has 1 aromatic carbocycles. The third-order valence-electron chi connectivity index (χ3n) is 3.77. The number of hydroxylamine groups is 1. The number of carbonyl (C=O) groups excluding carboxylic acids is 1. The van der Waals surface area contributed by atoms with Crippen molar-refractivity contribution in [1.82, 2.24) is 10.3 Å². The number of hydrogen-bond acceptors (Lipinski definition) is 4. The lowest BCUT2D eigenvalue weighted by atomic mass is 9.82. The highest BCUT2D eigenvalue weighted by Crippen LogP contribution is 2.41. The Bertz CT molecular complexity index is 473. The van der Waals surface area contributed by atoms with Gasteiger partial charge in [0.1, 0.15) is 5.82 Å². The maximum Gasteiger partial charge on any atom is 0.293 e. The molecule has 4 nitrogen and oxygen atoms in total. The molecule has 3 rings (SSSR count). The van der Waals surface area contributed by atoms with E-state index in [1.54, 1.807) is 12.1 Å². The number of halogens is 1. The van der Waals surface area contributed by atoms with E-state index in [9.17, 15) is 9.18 Å². The number of fused-ring (bicyclic) bond motifs is 1. The zero-order valence-electron chi connectivity index (χ0n) is 9.80. The molecule has 1 N–H and O–H groups in total. The number of benzene rings is 1. The SMILES string of the molecule is O=C[B]N1CC2CONC2(c2ccccc2F)C1. The number of nitrogens with one attached hydrogen (secondary N) is 1. The Hall–Kier alpha value is -1.24. The zero-order chi connectivity index (χ0) is 12.6. The molecule has 2 saturated heterocycles. The molecule has 6 heteroatoms. The summed E-state index contributed by atoms with van der Waals surface area (Å²) >= 11 is 0. The molecule has 2 fully saturated rings. The average Bonchev–Trinajstić information content (AvgIpc) is 2.87. The lowest BCUT2D eigenvalue weighted by Gasteiger charge is -2.28. The molecule has 0 bridgehead atoms. The van der Waals surface area contributed by atoms with Crippen LogP contribution in [0.2, 0.25) is 0 Å². The van der Waals surface area contributed by atoms with Crippen LogP contribution in [0, 0.1) is 11.7 Å². The van der Waals surface area contributed by atoms with Crippen LogP contribution >= 0.6 is 0 Å². The van der Waals surface area contributed by atoms with Crippen LogP contribution in [0.3, 0.4) is 0 Å². The first-order valence-electron chi connectivity index (χ1n) is 5.93. The maximum atomic E-state index is 14.0. The quantitative estimate of drug-likeness (QED) is 0.616. The van der Waals surface area contributed by atoms with Gasteiger partial charge >= 0.3 is 0 Å². The van der Waals surface area contributed by atoms with Gasteiger partial charge in [-0.3, -0.25) is 0 Å². The number of carbonyl (C=O) groups is 1. The number of hydrogen-bond donors (Lipinski definition) is 1. The van der Waals surface area contributed by atoms with Crippen LogP contribution in [0.25, 0.3) is 0 Å². The minimum atomic E-state index is -0.551. The van der Waals surface area contributed by atoms with Crippen LogP contribution in [-0.4, -0.2) is 38.1 Å². The summed E-state index contributed by atoms with van der Waals surface area (Å²) in [4.78, 5) is 17.8. The van der Waals surface area contributed by atoms with Crippen molar-refractivity contribution < 1.29 is 14.0 Å². The lowest BCUT2D eigenvalue weighted by molar-refractivity contribution is 0.0535. The highest BCUT2D eigenvalue weighted by Gasteiger charge is 2.52. The van der Waals surface area contributed by atoms with Crippen molar-refractivity contribution in [3.05, 3.63) is 35.6 Å². The molecule has 2 aliphatic rings. The van der Waals surface area contributed by atoms with Gasteiger partial charge in [-0.1, -0.05) is 18.2 Å². The topological polar surface area (TPSA) is 41.6 Å². The summed E-state index contributed by atoms with van der Waals surface area (Å²) in [5.41, 5.74) is 3.02. The van der Waals surface area contributed by atoms with E-state index in [0.717, 1.165) is 6.19 Å². The van der Waals surface area contributed by atoms with E-state index >= 15 is 0 Å². The van der Waals surface area contributed by atoms with Crippen molar-refractivity contribution >= 4 is 13.6 Å². The van der Waals surface area contributed by atoms with E-state index < -0.39 is 5.54 Å². The summed E-state index contributed by atoms with van der Waals surface area (Å²) < 4.78 is 14.0. The predicted octanol–water partition coefficient (Wildman–Crippen LogP) is 0.297. The van der Waals surface area contributed by atoms with Crippen molar-refractivity contribution in [2.45, 2.75) is 5.54 Å². The summed E-state index contributed by atoms with van der Waals surface area (Å²) in [6, 6.07) is 6.71. The first-order chi connectivity index (χ1) is 8.76. The van der Waals surface area contributed by atoms with Gasteiger partial charge in [0.05, 0.1) is 18.3 Å². The molecule has 1 radical (unpaired) electrons. The van der Waals surface area contributed by atoms with Gasteiger partial charge in [0, 0.05) is 18.0 Å². The summed E-state index contributed by atoms with van der Waals surface area (Å²) in [6.45, 7) is 1.76. The predicted molar refractivity (Wildman–Crippen MR) is 64.7 cm³/mol. The molecule has 18 heavy (non-hydrogen) atoms. The van der Waals surface area contributed by atoms with Crippen molar-refractivity contribution in [3.63, 3.8) is 0 Å². The van der Waals surface area contributed by atoms with Crippen LogP contribution in [0.1, 0.15) is 5.56 Å². The summed E-state index contributed by atoms with van der Waals surface area (Å²) in [7, 11) is 1.50. The first kappa shape index (κ1) is 11.8. The van der Waals surface area contributed by atoms with E-state index in [-0.39, 0.29) is 11.7 Å². The third-order valence-corrected chi connectivity index (χ3v) is 3.77. The second-order valence-corrected chi connectivity index (χ2v) is 4.78. The van der Waals surface area contributed by atoms with Gasteiger partial charge in [-0.25, -0.2) is 4.39 Å². The van der Waals surface area contributed by atoms with Crippen molar-refractivity contribution in [3.8, 4) is 0 Å². The van der Waals surface area contributed by atoms with Crippen LogP contribution in [-0.2, 0) is 15.2 Å². The first-order valence-corrected chi connectivity index (χ1v) is 5.93. The van der Waals surface area contributed by atoms with Gasteiger partial charge in [-0.15, -0.1) is 0 Å². The Morgan fingerprint density at radius 2 is 2.39 bits per heavy atom. The normalized spacial score (nSPS) is 31.3. The monoisotopic (exact) mass is 247 g/mol. The molecule has 0 saturated carbocycles. The number of rotatable bonds is 3. The van der Waals surface area contributed by atoms with E-state index in [1.807, 2.05) is 10.9 Å². The maximum absolute atomic E-state index is 14.0. The molecule has 1 aromatic rings.